The van der Waals surface area contributed by atoms with E-state index in [9.17, 15) is 0 Å². The van der Waals surface area contributed by atoms with E-state index in [4.69, 9.17) is 11.6 Å². The molecule has 0 radical (unpaired) electrons. The lowest BCUT2D eigenvalue weighted by molar-refractivity contribution is 0.659. The summed E-state index contributed by atoms with van der Waals surface area (Å²) in [5.74, 6) is 0. The molecule has 0 saturated carbocycles. The Hall–Kier alpha value is -3.61. The lowest BCUT2D eigenvalue weighted by Crippen LogP contribution is -2.29. The van der Waals surface area contributed by atoms with Gasteiger partial charge in [-0.3, -0.25) is 0 Å². The third-order valence-electron chi connectivity index (χ3n) is 8.20. The minimum atomic E-state index is -0.436. The van der Waals surface area contributed by atoms with Crippen LogP contribution in [0.15, 0.2) is 115 Å². The maximum Gasteiger partial charge on any atom is 0.0714 e. The maximum atomic E-state index is 7.23. The Morgan fingerprint density at radius 3 is 1.57 bits per heavy atom. The fourth-order valence-corrected chi connectivity index (χ4v) is 7.24. The molecule has 0 saturated heterocycles. The van der Waals surface area contributed by atoms with Gasteiger partial charge in [0.1, 0.15) is 0 Å². The standard InChI is InChI=1S/C34H25Cl/c1-33(2)28-17-9-6-16-26(28)27-20-23(21-31(35)32(27)33)34(22-12-4-3-5-13-22)29-18-10-7-14-24(29)25-15-8-11-19-30(25)34/h3-21H,1-2H3. The van der Waals surface area contributed by atoms with Gasteiger partial charge >= 0.3 is 0 Å². The highest BCUT2D eigenvalue weighted by Crippen LogP contribution is 2.59. The molecule has 5 aromatic carbocycles. The van der Waals surface area contributed by atoms with E-state index in [1.165, 1.54) is 55.6 Å². The van der Waals surface area contributed by atoms with Gasteiger partial charge in [-0.15, -0.1) is 0 Å². The summed E-state index contributed by atoms with van der Waals surface area (Å²) in [5, 5.41) is 0.843. The van der Waals surface area contributed by atoms with Crippen LogP contribution in [0.3, 0.4) is 0 Å². The largest absolute Gasteiger partial charge is 0.0840 e. The highest BCUT2D eigenvalue weighted by Gasteiger charge is 2.47. The van der Waals surface area contributed by atoms with Crippen molar-refractivity contribution in [2.24, 2.45) is 0 Å². The van der Waals surface area contributed by atoms with Gasteiger partial charge < -0.3 is 0 Å². The van der Waals surface area contributed by atoms with E-state index in [-0.39, 0.29) is 5.41 Å². The van der Waals surface area contributed by atoms with Crippen molar-refractivity contribution in [1.29, 1.82) is 0 Å². The minimum Gasteiger partial charge on any atom is -0.0840 e. The SMILES string of the molecule is CC1(C)c2ccccc2-c2cc(C3(c4ccccc4)c4ccccc4-c4ccccc43)cc(Cl)c21. The number of benzene rings is 5. The third-order valence-corrected chi connectivity index (χ3v) is 8.50. The Labute approximate surface area is 211 Å². The van der Waals surface area contributed by atoms with E-state index in [1.807, 2.05) is 0 Å². The van der Waals surface area contributed by atoms with Crippen molar-refractivity contribution in [3.8, 4) is 22.3 Å². The van der Waals surface area contributed by atoms with Crippen LogP contribution in [-0.2, 0) is 10.8 Å². The van der Waals surface area contributed by atoms with Crippen LogP contribution in [0.4, 0.5) is 0 Å². The second kappa shape index (κ2) is 7.20. The van der Waals surface area contributed by atoms with E-state index in [1.54, 1.807) is 0 Å². The van der Waals surface area contributed by atoms with Crippen LogP contribution < -0.4 is 0 Å². The van der Waals surface area contributed by atoms with Crippen molar-refractivity contribution >= 4 is 11.6 Å². The predicted molar refractivity (Wildman–Crippen MR) is 146 cm³/mol. The first kappa shape index (κ1) is 20.7. The Kier molecular flexibility index (Phi) is 4.26. The van der Waals surface area contributed by atoms with Crippen LogP contribution in [0.25, 0.3) is 22.3 Å². The minimum absolute atomic E-state index is 0.132. The summed E-state index contributed by atoms with van der Waals surface area (Å²) in [6, 6.07) is 42.0. The molecule has 35 heavy (non-hydrogen) atoms. The molecule has 0 atom stereocenters. The molecule has 2 aliphatic carbocycles. The van der Waals surface area contributed by atoms with Crippen molar-refractivity contribution in [2.45, 2.75) is 24.7 Å². The van der Waals surface area contributed by atoms with E-state index >= 15 is 0 Å². The molecular formula is C34H25Cl. The zero-order valence-corrected chi connectivity index (χ0v) is 20.6. The Balaban J connectivity index is 1.64. The summed E-state index contributed by atoms with van der Waals surface area (Å²) in [6.07, 6.45) is 0. The smallest absolute Gasteiger partial charge is 0.0714 e. The molecule has 0 spiro atoms. The molecule has 0 amide bonds. The monoisotopic (exact) mass is 468 g/mol. The lowest BCUT2D eigenvalue weighted by atomic mass is 9.67. The van der Waals surface area contributed by atoms with Gasteiger partial charge in [0.2, 0.25) is 0 Å². The molecule has 0 N–H and O–H groups in total. The molecule has 0 bridgehead atoms. The van der Waals surface area contributed by atoms with Crippen LogP contribution in [0.5, 0.6) is 0 Å². The molecular weight excluding hydrogens is 444 g/mol. The summed E-state index contributed by atoms with van der Waals surface area (Å²) in [6.45, 7) is 4.58. The normalized spacial score (nSPS) is 15.7. The van der Waals surface area contributed by atoms with Gasteiger partial charge in [0.25, 0.3) is 0 Å². The number of hydrogen-bond acceptors (Lipinski definition) is 0. The van der Waals surface area contributed by atoms with E-state index in [0.29, 0.717) is 0 Å². The van der Waals surface area contributed by atoms with E-state index < -0.39 is 5.41 Å². The quantitative estimate of drug-likeness (QED) is 0.238. The Bertz CT molecular complexity index is 1580. The average molecular weight is 469 g/mol. The van der Waals surface area contributed by atoms with Gasteiger partial charge in [0.05, 0.1) is 5.41 Å². The first-order valence-corrected chi connectivity index (χ1v) is 12.6. The average Bonchev–Trinajstić information content (AvgIpc) is 3.32. The maximum absolute atomic E-state index is 7.23. The van der Waals surface area contributed by atoms with Gasteiger partial charge in [-0.1, -0.05) is 129 Å². The van der Waals surface area contributed by atoms with Crippen LogP contribution in [0, 0.1) is 0 Å². The molecule has 5 aromatic rings. The van der Waals surface area contributed by atoms with Gasteiger partial charge in [0, 0.05) is 10.4 Å². The van der Waals surface area contributed by atoms with Crippen molar-refractivity contribution in [3.05, 3.63) is 154 Å². The second-order valence-electron chi connectivity index (χ2n) is 10.3. The molecule has 2 aliphatic rings. The third kappa shape index (κ3) is 2.58. The number of halogens is 1. The van der Waals surface area contributed by atoms with Gasteiger partial charge in [-0.05, 0) is 67.8 Å². The molecule has 1 heteroatoms. The Morgan fingerprint density at radius 2 is 0.971 bits per heavy atom. The van der Waals surface area contributed by atoms with E-state index in [2.05, 4.69) is 129 Å². The number of hydrogen-bond donors (Lipinski definition) is 0. The molecule has 0 nitrogen and oxygen atoms in total. The summed E-state index contributed by atoms with van der Waals surface area (Å²) in [5.41, 5.74) is 12.3. The molecule has 168 valence electrons. The first-order chi connectivity index (χ1) is 17.0. The fourth-order valence-electron chi connectivity index (χ4n) is 6.78. The number of rotatable bonds is 2. The lowest BCUT2D eigenvalue weighted by Gasteiger charge is -2.35. The Morgan fingerprint density at radius 1 is 0.486 bits per heavy atom. The van der Waals surface area contributed by atoms with Crippen molar-refractivity contribution in [2.75, 3.05) is 0 Å². The molecule has 7 rings (SSSR count). The first-order valence-electron chi connectivity index (χ1n) is 12.2. The van der Waals surface area contributed by atoms with Crippen LogP contribution in [0.2, 0.25) is 5.02 Å². The molecule has 0 heterocycles. The molecule has 0 fully saturated rings. The highest BCUT2D eigenvalue weighted by atomic mass is 35.5. The van der Waals surface area contributed by atoms with E-state index in [0.717, 1.165) is 5.02 Å². The molecule has 0 unspecified atom stereocenters. The predicted octanol–water partition coefficient (Wildman–Crippen LogP) is 9.01. The van der Waals surface area contributed by atoms with Crippen LogP contribution >= 0.6 is 11.6 Å². The second-order valence-corrected chi connectivity index (χ2v) is 10.7. The van der Waals surface area contributed by atoms with Crippen molar-refractivity contribution < 1.29 is 0 Å². The zero-order valence-electron chi connectivity index (χ0n) is 19.8. The summed E-state index contributed by atoms with van der Waals surface area (Å²) >= 11 is 7.23. The van der Waals surface area contributed by atoms with Gasteiger partial charge in [-0.2, -0.15) is 0 Å². The zero-order chi connectivity index (χ0) is 23.8. The fraction of sp³-hybridized carbons (Fsp3) is 0.118. The highest BCUT2D eigenvalue weighted by molar-refractivity contribution is 6.32. The number of fused-ring (bicyclic) bond motifs is 6. The topological polar surface area (TPSA) is 0 Å². The molecule has 0 aliphatic heterocycles. The molecule has 0 aromatic heterocycles. The summed E-state index contributed by atoms with van der Waals surface area (Å²) in [7, 11) is 0. The van der Waals surface area contributed by atoms with Crippen molar-refractivity contribution in [3.63, 3.8) is 0 Å². The summed E-state index contributed by atoms with van der Waals surface area (Å²) in [4.78, 5) is 0. The van der Waals surface area contributed by atoms with Crippen LogP contribution in [0.1, 0.15) is 47.2 Å². The van der Waals surface area contributed by atoms with Gasteiger partial charge in [-0.25, -0.2) is 0 Å². The summed E-state index contributed by atoms with van der Waals surface area (Å²) < 4.78 is 0. The van der Waals surface area contributed by atoms with Crippen LogP contribution in [-0.4, -0.2) is 0 Å². The van der Waals surface area contributed by atoms with Crippen molar-refractivity contribution in [1.82, 2.24) is 0 Å². The van der Waals surface area contributed by atoms with Gasteiger partial charge in [0.15, 0.2) is 0 Å².